The summed E-state index contributed by atoms with van der Waals surface area (Å²) in [5.41, 5.74) is 0. The number of allylic oxidation sites excluding steroid dienone is 1. The molecule has 3 nitrogen and oxygen atoms in total. The Balaban J connectivity index is 3.81. The van der Waals surface area contributed by atoms with Gasteiger partial charge in [0.05, 0.1) is 0 Å². The Morgan fingerprint density at radius 2 is 2.18 bits per heavy atom. The number of likely N-dealkylation sites (N-methyl/N-ethyl adjacent to an activating group) is 1. The number of rotatable bonds is 4. The van der Waals surface area contributed by atoms with E-state index in [-0.39, 0.29) is 5.91 Å². The van der Waals surface area contributed by atoms with Gasteiger partial charge in [0.25, 0.3) is 0 Å². The molecule has 0 atom stereocenters. The Bertz CT molecular complexity index is 163. The van der Waals surface area contributed by atoms with Crippen LogP contribution in [-0.2, 0) is 9.59 Å². The van der Waals surface area contributed by atoms with Crippen LogP contribution in [0.5, 0.6) is 0 Å². The zero-order valence-corrected chi connectivity index (χ0v) is 6.91. The molecule has 0 heterocycles. The maximum atomic E-state index is 11.0. The van der Waals surface area contributed by atoms with E-state index in [1.165, 1.54) is 12.2 Å². The molecule has 11 heavy (non-hydrogen) atoms. The van der Waals surface area contributed by atoms with Crippen LogP contribution < -0.4 is 0 Å². The van der Waals surface area contributed by atoms with Gasteiger partial charge in [0.15, 0.2) is 0 Å². The molecule has 0 spiro atoms. The van der Waals surface area contributed by atoms with Gasteiger partial charge < -0.3 is 4.90 Å². The molecule has 0 aliphatic carbocycles. The third-order valence-corrected chi connectivity index (χ3v) is 1.25. The van der Waals surface area contributed by atoms with E-state index in [9.17, 15) is 9.59 Å². The molecule has 0 aromatic heterocycles. The first-order valence-corrected chi connectivity index (χ1v) is 3.59. The van der Waals surface area contributed by atoms with Gasteiger partial charge in [0.1, 0.15) is 6.29 Å². The van der Waals surface area contributed by atoms with Crippen molar-refractivity contribution in [3.8, 4) is 0 Å². The number of hydrogen-bond acceptors (Lipinski definition) is 2. The Labute approximate surface area is 66.7 Å². The molecule has 1 amide bonds. The van der Waals surface area contributed by atoms with E-state index >= 15 is 0 Å². The zero-order valence-electron chi connectivity index (χ0n) is 6.91. The van der Waals surface area contributed by atoms with E-state index in [2.05, 4.69) is 0 Å². The summed E-state index contributed by atoms with van der Waals surface area (Å²) >= 11 is 0. The topological polar surface area (TPSA) is 37.4 Å². The van der Waals surface area contributed by atoms with E-state index in [1.54, 1.807) is 11.9 Å². The Kier molecular flexibility index (Phi) is 5.07. The summed E-state index contributed by atoms with van der Waals surface area (Å²) in [6, 6.07) is 0. The van der Waals surface area contributed by atoms with Crippen molar-refractivity contribution in [3.05, 3.63) is 12.2 Å². The van der Waals surface area contributed by atoms with Crippen LogP contribution in [0.15, 0.2) is 12.2 Å². The Hall–Kier alpha value is -1.12. The SMILES string of the molecule is CCCN(C)C(=O)/C=C\C=O. The average Bonchev–Trinajstić information content (AvgIpc) is 2.00. The van der Waals surface area contributed by atoms with E-state index in [4.69, 9.17) is 0 Å². The van der Waals surface area contributed by atoms with Crippen LogP contribution in [0, 0.1) is 0 Å². The number of nitrogens with zero attached hydrogens (tertiary/aromatic N) is 1. The molecule has 3 heteroatoms. The molecule has 0 bridgehead atoms. The van der Waals surface area contributed by atoms with Crippen LogP contribution >= 0.6 is 0 Å². The zero-order chi connectivity index (χ0) is 8.69. The predicted molar refractivity (Wildman–Crippen MR) is 43.1 cm³/mol. The quantitative estimate of drug-likeness (QED) is 0.440. The van der Waals surface area contributed by atoms with Gasteiger partial charge in [0.2, 0.25) is 5.91 Å². The van der Waals surface area contributed by atoms with E-state index in [1.807, 2.05) is 6.92 Å². The average molecular weight is 155 g/mol. The lowest BCUT2D eigenvalue weighted by Gasteiger charge is -2.12. The minimum atomic E-state index is -0.126. The van der Waals surface area contributed by atoms with E-state index in [0.717, 1.165) is 13.0 Å². The molecule has 0 aromatic rings. The summed E-state index contributed by atoms with van der Waals surface area (Å²) in [5.74, 6) is -0.126. The van der Waals surface area contributed by atoms with Gasteiger partial charge in [0, 0.05) is 19.7 Å². The monoisotopic (exact) mass is 155 g/mol. The molecular formula is C8H13NO2. The molecule has 0 radical (unpaired) electrons. The molecule has 62 valence electrons. The second kappa shape index (κ2) is 5.65. The lowest BCUT2D eigenvalue weighted by molar-refractivity contribution is -0.125. The highest BCUT2D eigenvalue weighted by molar-refractivity contribution is 5.90. The van der Waals surface area contributed by atoms with Gasteiger partial charge in [-0.1, -0.05) is 6.92 Å². The molecular weight excluding hydrogens is 142 g/mol. The van der Waals surface area contributed by atoms with Gasteiger partial charge in [-0.05, 0) is 12.5 Å². The summed E-state index contributed by atoms with van der Waals surface area (Å²) in [7, 11) is 1.71. The maximum absolute atomic E-state index is 11.0. The van der Waals surface area contributed by atoms with Gasteiger partial charge in [-0.25, -0.2) is 0 Å². The Morgan fingerprint density at radius 3 is 2.64 bits per heavy atom. The summed E-state index contributed by atoms with van der Waals surface area (Å²) < 4.78 is 0. The first-order valence-electron chi connectivity index (χ1n) is 3.59. The lowest BCUT2D eigenvalue weighted by Crippen LogP contribution is -2.25. The fourth-order valence-corrected chi connectivity index (χ4v) is 0.694. The lowest BCUT2D eigenvalue weighted by atomic mass is 10.4. The van der Waals surface area contributed by atoms with Crippen LogP contribution in [-0.4, -0.2) is 30.7 Å². The van der Waals surface area contributed by atoms with Crippen LogP contribution in [0.3, 0.4) is 0 Å². The van der Waals surface area contributed by atoms with E-state index in [0.29, 0.717) is 6.29 Å². The van der Waals surface area contributed by atoms with Gasteiger partial charge >= 0.3 is 0 Å². The minimum absolute atomic E-state index is 0.126. The number of amides is 1. The predicted octanol–water partition coefficient (Wildman–Crippen LogP) is 0.610. The standard InChI is InChI=1S/C8H13NO2/c1-3-6-9(2)8(11)5-4-7-10/h4-5,7H,3,6H2,1-2H3/b5-4-. The fourth-order valence-electron chi connectivity index (χ4n) is 0.694. The van der Waals surface area contributed by atoms with Crippen LogP contribution in [0.4, 0.5) is 0 Å². The Morgan fingerprint density at radius 1 is 1.55 bits per heavy atom. The highest BCUT2D eigenvalue weighted by Gasteiger charge is 2.00. The summed E-state index contributed by atoms with van der Waals surface area (Å²) in [5, 5.41) is 0. The van der Waals surface area contributed by atoms with E-state index < -0.39 is 0 Å². The van der Waals surface area contributed by atoms with Gasteiger partial charge in [-0.3, -0.25) is 9.59 Å². The van der Waals surface area contributed by atoms with Crippen molar-refractivity contribution in [2.45, 2.75) is 13.3 Å². The molecule has 0 aromatic carbocycles. The molecule has 0 unspecified atom stereocenters. The largest absolute Gasteiger partial charge is 0.342 e. The van der Waals surface area contributed by atoms with Crippen molar-refractivity contribution >= 4 is 12.2 Å². The summed E-state index contributed by atoms with van der Waals surface area (Å²) in [6.07, 6.45) is 3.99. The summed E-state index contributed by atoms with van der Waals surface area (Å²) in [6.45, 7) is 2.72. The second-order valence-corrected chi connectivity index (χ2v) is 2.25. The molecule has 0 aliphatic heterocycles. The first kappa shape index (κ1) is 9.88. The minimum Gasteiger partial charge on any atom is -0.342 e. The number of hydrogen-bond donors (Lipinski definition) is 0. The first-order chi connectivity index (χ1) is 5.22. The molecule has 0 saturated carbocycles. The molecule has 0 N–H and O–H groups in total. The smallest absolute Gasteiger partial charge is 0.246 e. The maximum Gasteiger partial charge on any atom is 0.246 e. The fraction of sp³-hybridized carbons (Fsp3) is 0.500. The summed E-state index contributed by atoms with van der Waals surface area (Å²) in [4.78, 5) is 22.4. The van der Waals surface area contributed by atoms with Gasteiger partial charge in [-0.2, -0.15) is 0 Å². The van der Waals surface area contributed by atoms with Crippen molar-refractivity contribution in [1.82, 2.24) is 4.90 Å². The number of aldehydes is 1. The van der Waals surface area contributed by atoms with Crippen LogP contribution in [0.2, 0.25) is 0 Å². The number of carbonyl (C=O) groups is 2. The third kappa shape index (κ3) is 4.31. The molecule has 0 aliphatic rings. The van der Waals surface area contributed by atoms with Crippen molar-refractivity contribution in [3.63, 3.8) is 0 Å². The van der Waals surface area contributed by atoms with Crippen molar-refractivity contribution in [1.29, 1.82) is 0 Å². The van der Waals surface area contributed by atoms with Crippen LogP contribution in [0.1, 0.15) is 13.3 Å². The molecule has 0 fully saturated rings. The third-order valence-electron chi connectivity index (χ3n) is 1.25. The second-order valence-electron chi connectivity index (χ2n) is 2.25. The van der Waals surface area contributed by atoms with Crippen molar-refractivity contribution in [2.75, 3.05) is 13.6 Å². The molecule has 0 rings (SSSR count). The highest BCUT2D eigenvalue weighted by Crippen LogP contribution is 1.88. The molecule has 0 saturated heterocycles. The van der Waals surface area contributed by atoms with Crippen molar-refractivity contribution < 1.29 is 9.59 Å². The normalized spacial score (nSPS) is 10.0. The van der Waals surface area contributed by atoms with Crippen LogP contribution in [0.25, 0.3) is 0 Å². The highest BCUT2D eigenvalue weighted by atomic mass is 16.2. The van der Waals surface area contributed by atoms with Gasteiger partial charge in [-0.15, -0.1) is 0 Å². The number of carbonyl (C=O) groups excluding carboxylic acids is 2. The van der Waals surface area contributed by atoms with Crippen molar-refractivity contribution in [2.24, 2.45) is 0 Å².